The highest BCUT2D eigenvalue weighted by Gasteiger charge is 2.46. The first kappa shape index (κ1) is 27.9. The molecule has 46 heavy (non-hydrogen) atoms. The second-order valence-corrected chi connectivity index (χ2v) is 12.1. The van der Waals surface area contributed by atoms with E-state index in [4.69, 9.17) is 0 Å². The Morgan fingerprint density at radius 1 is 0.478 bits per heavy atom. The van der Waals surface area contributed by atoms with E-state index in [1.54, 1.807) is 0 Å². The first-order chi connectivity index (χ1) is 22.7. The van der Waals surface area contributed by atoms with Crippen LogP contribution in [-0.4, -0.2) is 7.05 Å². The maximum absolute atomic E-state index is 2.45. The molecule has 222 valence electrons. The van der Waals surface area contributed by atoms with E-state index in [-0.39, 0.29) is 0 Å². The van der Waals surface area contributed by atoms with Crippen molar-refractivity contribution < 1.29 is 0 Å². The van der Waals surface area contributed by atoms with Gasteiger partial charge in [0.2, 0.25) is 0 Å². The number of nitrogens with zero attached hydrogens (tertiary/aromatic N) is 2. The second kappa shape index (κ2) is 11.7. The Balaban J connectivity index is 1.31. The van der Waals surface area contributed by atoms with Crippen LogP contribution in [-0.2, 0) is 5.41 Å². The Morgan fingerprint density at radius 2 is 1.02 bits per heavy atom. The Morgan fingerprint density at radius 3 is 1.67 bits per heavy atom. The molecule has 2 aliphatic rings. The maximum atomic E-state index is 2.45. The molecule has 0 heterocycles. The fourth-order valence-corrected chi connectivity index (χ4v) is 7.41. The Bertz CT molecular complexity index is 2000. The lowest BCUT2D eigenvalue weighted by atomic mass is 9.67. The first-order valence-electron chi connectivity index (χ1n) is 16.2. The van der Waals surface area contributed by atoms with Crippen LogP contribution in [0.25, 0.3) is 11.1 Å². The maximum Gasteiger partial charge on any atom is 0.0714 e. The summed E-state index contributed by atoms with van der Waals surface area (Å²) in [7, 11) is 2.12. The molecule has 6 aromatic carbocycles. The lowest BCUT2D eigenvalue weighted by molar-refractivity contribution is 0.768. The van der Waals surface area contributed by atoms with Gasteiger partial charge >= 0.3 is 0 Å². The number of hydrogen-bond donors (Lipinski definition) is 0. The van der Waals surface area contributed by atoms with Gasteiger partial charge in [-0.05, 0) is 101 Å². The minimum atomic E-state index is -0.435. The summed E-state index contributed by atoms with van der Waals surface area (Å²) >= 11 is 0. The fourth-order valence-electron chi connectivity index (χ4n) is 7.41. The molecule has 0 radical (unpaired) electrons. The smallest absolute Gasteiger partial charge is 0.0714 e. The predicted octanol–water partition coefficient (Wildman–Crippen LogP) is 11.2. The summed E-state index contributed by atoms with van der Waals surface area (Å²) in [5.41, 5.74) is 13.2. The summed E-state index contributed by atoms with van der Waals surface area (Å²) < 4.78 is 0. The summed E-state index contributed by atoms with van der Waals surface area (Å²) in [6.45, 7) is 0. The molecule has 0 saturated heterocycles. The van der Waals surface area contributed by atoms with Gasteiger partial charge in [-0.3, -0.25) is 0 Å². The third-order valence-electron chi connectivity index (χ3n) is 9.57. The standard InChI is InChI=1S/C44H36N2/c1-45(35-20-10-4-11-21-35)36-26-28-38(29-27-36)46(37-22-12-5-13-23-37)39-30-31-41-40-24-14-15-25-42(40)44(43(41)32-39,33-16-6-2-7-17-33)34-18-8-3-9-19-34/h2-4,6-12,14-32H,5,13H2,1H3. The van der Waals surface area contributed by atoms with E-state index in [2.05, 4.69) is 193 Å². The van der Waals surface area contributed by atoms with Crippen LogP contribution in [0, 0.1) is 0 Å². The SMILES string of the molecule is CN(c1ccccc1)c1ccc(N(C2=CCCC=C2)c2ccc3c(c2)C(c2ccccc2)(c2ccccc2)c2ccccc2-3)cc1. The van der Waals surface area contributed by atoms with Crippen LogP contribution in [0.5, 0.6) is 0 Å². The summed E-state index contributed by atoms with van der Waals surface area (Å²) in [6.07, 6.45) is 9.04. The van der Waals surface area contributed by atoms with Crippen LogP contribution in [0.2, 0.25) is 0 Å². The summed E-state index contributed by atoms with van der Waals surface area (Å²) in [6, 6.07) is 57.6. The second-order valence-electron chi connectivity index (χ2n) is 12.1. The molecule has 0 atom stereocenters. The topological polar surface area (TPSA) is 6.48 Å². The van der Waals surface area contributed by atoms with Gasteiger partial charge in [0.25, 0.3) is 0 Å². The van der Waals surface area contributed by atoms with Crippen molar-refractivity contribution in [3.63, 3.8) is 0 Å². The molecule has 8 rings (SSSR count). The number of benzene rings is 6. The molecule has 0 saturated carbocycles. The van der Waals surface area contributed by atoms with Crippen molar-refractivity contribution in [2.45, 2.75) is 18.3 Å². The van der Waals surface area contributed by atoms with Crippen LogP contribution in [0.3, 0.4) is 0 Å². The van der Waals surface area contributed by atoms with E-state index in [0.29, 0.717) is 0 Å². The van der Waals surface area contributed by atoms with Gasteiger partial charge in [-0.15, -0.1) is 0 Å². The van der Waals surface area contributed by atoms with Gasteiger partial charge in [0.05, 0.1) is 5.41 Å². The van der Waals surface area contributed by atoms with Gasteiger partial charge in [0.15, 0.2) is 0 Å². The third-order valence-corrected chi connectivity index (χ3v) is 9.57. The Kier molecular flexibility index (Phi) is 7.11. The molecule has 2 nitrogen and oxygen atoms in total. The van der Waals surface area contributed by atoms with E-state index in [0.717, 1.165) is 29.9 Å². The van der Waals surface area contributed by atoms with Crippen molar-refractivity contribution in [3.8, 4) is 11.1 Å². The van der Waals surface area contributed by atoms with Crippen molar-refractivity contribution in [1.82, 2.24) is 0 Å². The van der Waals surface area contributed by atoms with Crippen LogP contribution >= 0.6 is 0 Å². The Hall–Kier alpha value is -5.60. The highest BCUT2D eigenvalue weighted by Crippen LogP contribution is 2.57. The zero-order valence-electron chi connectivity index (χ0n) is 26.1. The van der Waals surface area contributed by atoms with Gasteiger partial charge in [-0.25, -0.2) is 0 Å². The average molecular weight is 593 g/mol. The number of anilines is 4. The van der Waals surface area contributed by atoms with Crippen LogP contribution in [0.15, 0.2) is 182 Å². The molecule has 0 spiro atoms. The monoisotopic (exact) mass is 592 g/mol. The number of hydrogen-bond acceptors (Lipinski definition) is 2. The van der Waals surface area contributed by atoms with Crippen molar-refractivity contribution in [2.75, 3.05) is 16.8 Å². The highest BCUT2D eigenvalue weighted by molar-refractivity contribution is 5.88. The van der Waals surface area contributed by atoms with Crippen LogP contribution in [0.4, 0.5) is 22.7 Å². The van der Waals surface area contributed by atoms with E-state index in [1.807, 2.05) is 0 Å². The van der Waals surface area contributed by atoms with Gasteiger partial charge in [0, 0.05) is 35.5 Å². The molecule has 0 amide bonds. The van der Waals surface area contributed by atoms with Crippen molar-refractivity contribution in [1.29, 1.82) is 0 Å². The lowest BCUT2D eigenvalue weighted by Crippen LogP contribution is -2.29. The van der Waals surface area contributed by atoms with E-state index < -0.39 is 5.41 Å². The largest absolute Gasteiger partial charge is 0.345 e. The van der Waals surface area contributed by atoms with Crippen molar-refractivity contribution in [2.24, 2.45) is 0 Å². The van der Waals surface area contributed by atoms with Gasteiger partial charge in [0.1, 0.15) is 0 Å². The minimum Gasteiger partial charge on any atom is -0.345 e. The van der Waals surface area contributed by atoms with Crippen LogP contribution < -0.4 is 9.80 Å². The molecule has 0 unspecified atom stereocenters. The predicted molar refractivity (Wildman–Crippen MR) is 193 cm³/mol. The zero-order valence-corrected chi connectivity index (χ0v) is 26.1. The number of rotatable bonds is 7. The number of fused-ring (bicyclic) bond motifs is 3. The van der Waals surface area contributed by atoms with E-state index >= 15 is 0 Å². The minimum absolute atomic E-state index is 0.435. The molecule has 0 N–H and O–H groups in total. The summed E-state index contributed by atoms with van der Waals surface area (Å²) in [4.78, 5) is 4.65. The molecule has 0 bridgehead atoms. The lowest BCUT2D eigenvalue weighted by Gasteiger charge is -2.35. The Labute approximate surface area is 272 Å². The number of allylic oxidation sites excluding steroid dienone is 3. The molecular formula is C44H36N2. The quantitative estimate of drug-likeness (QED) is 0.182. The average Bonchev–Trinajstić information content (AvgIpc) is 3.44. The molecule has 6 aromatic rings. The van der Waals surface area contributed by atoms with E-state index in [1.165, 1.54) is 44.8 Å². The fraction of sp³-hybridized carbons (Fsp3) is 0.0909. The normalized spacial score (nSPS) is 14.2. The van der Waals surface area contributed by atoms with E-state index in [9.17, 15) is 0 Å². The molecule has 2 heteroatoms. The third kappa shape index (κ3) is 4.57. The molecular weight excluding hydrogens is 556 g/mol. The molecule has 2 aliphatic carbocycles. The number of para-hydroxylation sites is 1. The van der Waals surface area contributed by atoms with Crippen LogP contribution in [0.1, 0.15) is 35.1 Å². The molecule has 0 aromatic heterocycles. The zero-order chi connectivity index (χ0) is 30.9. The van der Waals surface area contributed by atoms with Crippen molar-refractivity contribution in [3.05, 3.63) is 204 Å². The van der Waals surface area contributed by atoms with Gasteiger partial charge < -0.3 is 9.80 Å². The first-order valence-corrected chi connectivity index (χ1v) is 16.2. The highest BCUT2D eigenvalue weighted by atomic mass is 15.2. The molecule has 0 fully saturated rings. The summed E-state index contributed by atoms with van der Waals surface area (Å²) in [5.74, 6) is 0. The van der Waals surface area contributed by atoms with Crippen molar-refractivity contribution >= 4 is 22.7 Å². The molecule has 0 aliphatic heterocycles. The van der Waals surface area contributed by atoms with Gasteiger partial charge in [-0.2, -0.15) is 0 Å². The van der Waals surface area contributed by atoms with Gasteiger partial charge in [-0.1, -0.05) is 121 Å². The summed E-state index contributed by atoms with van der Waals surface area (Å²) in [5, 5.41) is 0.